The van der Waals surface area contributed by atoms with E-state index in [1.165, 1.54) is 36.5 Å². The third-order valence-corrected chi connectivity index (χ3v) is 8.85. The van der Waals surface area contributed by atoms with E-state index in [9.17, 15) is 0 Å². The Balaban J connectivity index is 1.38. The molecule has 2 nitrogen and oxygen atoms in total. The number of furan rings is 1. The highest BCUT2D eigenvalue weighted by Crippen LogP contribution is 2.42. The van der Waals surface area contributed by atoms with Crippen molar-refractivity contribution in [2.45, 2.75) is 13.3 Å². The fourth-order valence-corrected chi connectivity index (χ4v) is 7.06. The zero-order valence-electron chi connectivity index (χ0n) is 21.0. The quantitative estimate of drug-likeness (QED) is 0.257. The summed E-state index contributed by atoms with van der Waals surface area (Å²) in [7, 11) is 0. The van der Waals surface area contributed by atoms with E-state index in [0.29, 0.717) is 5.92 Å². The van der Waals surface area contributed by atoms with Gasteiger partial charge in [-0.05, 0) is 76.7 Å². The minimum Gasteiger partial charge on any atom is -0.456 e. The van der Waals surface area contributed by atoms with Gasteiger partial charge in [-0.1, -0.05) is 73.7 Å². The molecular weight excluding hydrogens is 482 g/mol. The van der Waals surface area contributed by atoms with Gasteiger partial charge in [0.05, 0.1) is 11.1 Å². The van der Waals surface area contributed by atoms with E-state index in [1.807, 2.05) is 17.4 Å². The second-order valence-corrected chi connectivity index (χ2v) is 11.4. The highest BCUT2D eigenvalue weighted by Gasteiger charge is 2.17. The zero-order chi connectivity index (χ0) is 25.2. The lowest BCUT2D eigenvalue weighted by Crippen LogP contribution is -2.04. The highest BCUT2D eigenvalue weighted by atomic mass is 32.1. The second-order valence-electron chi connectivity index (χ2n) is 10.3. The van der Waals surface area contributed by atoms with Gasteiger partial charge in [0.25, 0.3) is 0 Å². The van der Waals surface area contributed by atoms with Crippen LogP contribution in [0.1, 0.15) is 13.3 Å². The SMILES string of the molecule is CC1C=C(Nc2cc(-c3cccc4cc5c(cc34)sc3ccccc35)cc3oc4ccccc4c23)C=CC1. The number of thiophene rings is 1. The van der Waals surface area contributed by atoms with E-state index in [0.717, 1.165) is 45.3 Å². The molecule has 8 rings (SSSR count). The largest absolute Gasteiger partial charge is 0.456 e. The first-order chi connectivity index (χ1) is 18.7. The molecule has 1 aliphatic rings. The van der Waals surface area contributed by atoms with Crippen molar-refractivity contribution >= 4 is 69.9 Å². The Labute approximate surface area is 224 Å². The van der Waals surface area contributed by atoms with Gasteiger partial charge in [0, 0.05) is 31.3 Å². The molecule has 182 valence electrons. The summed E-state index contributed by atoms with van der Waals surface area (Å²) >= 11 is 1.87. The molecule has 0 amide bonds. The lowest BCUT2D eigenvalue weighted by Gasteiger charge is -2.16. The van der Waals surface area contributed by atoms with Crippen molar-refractivity contribution in [3.8, 4) is 11.1 Å². The molecule has 0 saturated heterocycles. The van der Waals surface area contributed by atoms with Gasteiger partial charge < -0.3 is 9.73 Å². The number of anilines is 1. The maximum atomic E-state index is 6.41. The second kappa shape index (κ2) is 8.34. The predicted octanol–water partition coefficient (Wildman–Crippen LogP) is 10.7. The summed E-state index contributed by atoms with van der Waals surface area (Å²) in [5.41, 5.74) is 6.39. The molecule has 2 heterocycles. The summed E-state index contributed by atoms with van der Waals surface area (Å²) in [6.45, 7) is 2.26. The van der Waals surface area contributed by atoms with Crippen LogP contribution in [0.25, 0.3) is 64.0 Å². The number of rotatable bonds is 3. The molecule has 2 aromatic heterocycles. The number of fused-ring (bicyclic) bond motifs is 7. The molecule has 0 spiro atoms. The number of hydrogen-bond acceptors (Lipinski definition) is 3. The van der Waals surface area contributed by atoms with Crippen LogP contribution < -0.4 is 5.32 Å². The topological polar surface area (TPSA) is 25.2 Å². The Kier molecular flexibility index (Phi) is 4.77. The number of hydrogen-bond donors (Lipinski definition) is 1. The van der Waals surface area contributed by atoms with Gasteiger partial charge in [-0.15, -0.1) is 11.3 Å². The van der Waals surface area contributed by atoms with E-state index in [1.54, 1.807) is 0 Å². The van der Waals surface area contributed by atoms with Crippen molar-refractivity contribution in [2.24, 2.45) is 5.92 Å². The monoisotopic (exact) mass is 507 g/mol. The van der Waals surface area contributed by atoms with Crippen molar-refractivity contribution in [2.75, 3.05) is 5.32 Å². The van der Waals surface area contributed by atoms with Crippen LogP contribution in [0.4, 0.5) is 5.69 Å². The van der Waals surface area contributed by atoms with Gasteiger partial charge in [-0.3, -0.25) is 0 Å². The fourth-order valence-electron chi connectivity index (χ4n) is 5.94. The van der Waals surface area contributed by atoms with E-state index in [-0.39, 0.29) is 0 Å². The van der Waals surface area contributed by atoms with Crippen molar-refractivity contribution in [1.29, 1.82) is 0 Å². The Bertz CT molecular complexity index is 2110. The summed E-state index contributed by atoms with van der Waals surface area (Å²) < 4.78 is 9.06. The summed E-state index contributed by atoms with van der Waals surface area (Å²) in [5, 5.41) is 11.2. The van der Waals surface area contributed by atoms with E-state index in [2.05, 4.69) is 115 Å². The van der Waals surface area contributed by atoms with Crippen LogP contribution in [-0.4, -0.2) is 0 Å². The minimum atomic E-state index is 0.518. The number of allylic oxidation sites excluding steroid dienone is 3. The zero-order valence-corrected chi connectivity index (χ0v) is 21.8. The molecule has 1 atom stereocenters. The number of para-hydroxylation sites is 1. The van der Waals surface area contributed by atoms with Gasteiger partial charge in [0.15, 0.2) is 0 Å². The molecular formula is C35H25NOS. The molecule has 0 bridgehead atoms. The molecule has 0 saturated carbocycles. The first-order valence-corrected chi connectivity index (χ1v) is 14.0. The molecule has 0 fully saturated rings. The van der Waals surface area contributed by atoms with Crippen LogP contribution in [0.15, 0.2) is 119 Å². The first-order valence-electron chi connectivity index (χ1n) is 13.2. The molecule has 5 aromatic carbocycles. The van der Waals surface area contributed by atoms with Crippen molar-refractivity contribution in [1.82, 2.24) is 0 Å². The lowest BCUT2D eigenvalue weighted by atomic mass is 9.95. The van der Waals surface area contributed by atoms with Crippen LogP contribution in [0.2, 0.25) is 0 Å². The Morgan fingerprint density at radius 1 is 0.763 bits per heavy atom. The smallest absolute Gasteiger partial charge is 0.138 e. The van der Waals surface area contributed by atoms with Gasteiger partial charge in [-0.2, -0.15) is 0 Å². The summed E-state index contributed by atoms with van der Waals surface area (Å²) in [6, 6.07) is 32.9. The third-order valence-electron chi connectivity index (χ3n) is 7.72. The fraction of sp³-hybridized carbons (Fsp3) is 0.0857. The maximum absolute atomic E-state index is 6.41. The normalized spacial score (nSPS) is 15.7. The summed E-state index contributed by atoms with van der Waals surface area (Å²) in [4.78, 5) is 0. The molecule has 1 unspecified atom stereocenters. The Hall–Kier alpha value is -4.34. The highest BCUT2D eigenvalue weighted by molar-refractivity contribution is 7.25. The van der Waals surface area contributed by atoms with Crippen molar-refractivity contribution < 1.29 is 4.42 Å². The average molecular weight is 508 g/mol. The third kappa shape index (κ3) is 3.39. The van der Waals surface area contributed by atoms with Gasteiger partial charge in [0.2, 0.25) is 0 Å². The average Bonchev–Trinajstić information content (AvgIpc) is 3.49. The first kappa shape index (κ1) is 21.7. The van der Waals surface area contributed by atoms with Crippen LogP contribution in [0.5, 0.6) is 0 Å². The van der Waals surface area contributed by atoms with E-state index in [4.69, 9.17) is 4.42 Å². The van der Waals surface area contributed by atoms with Gasteiger partial charge in [0.1, 0.15) is 11.2 Å². The molecule has 1 aliphatic carbocycles. The molecule has 1 N–H and O–H groups in total. The summed E-state index contributed by atoms with van der Waals surface area (Å²) in [5.74, 6) is 0.518. The molecule has 3 heteroatoms. The minimum absolute atomic E-state index is 0.518. The Morgan fingerprint density at radius 3 is 2.55 bits per heavy atom. The number of benzene rings is 5. The summed E-state index contributed by atoms with van der Waals surface area (Å²) in [6.07, 6.45) is 7.84. The maximum Gasteiger partial charge on any atom is 0.138 e. The Morgan fingerprint density at radius 2 is 1.63 bits per heavy atom. The van der Waals surface area contributed by atoms with Crippen LogP contribution in [-0.2, 0) is 0 Å². The van der Waals surface area contributed by atoms with Crippen LogP contribution >= 0.6 is 11.3 Å². The van der Waals surface area contributed by atoms with Gasteiger partial charge >= 0.3 is 0 Å². The standard InChI is InChI=1S/C35H25NOS/c1-21-8-6-10-24(16-21)36-30-18-23(19-32-35(30)27-12-2-4-14-31(27)37-32)25-13-7-9-22-17-29-26-11-3-5-15-33(26)38-34(29)20-28(22)25/h2-7,9-21,36H,8H2,1H3. The van der Waals surface area contributed by atoms with Gasteiger partial charge in [-0.25, -0.2) is 0 Å². The number of nitrogens with one attached hydrogen (secondary N) is 1. The molecule has 38 heavy (non-hydrogen) atoms. The van der Waals surface area contributed by atoms with E-state index >= 15 is 0 Å². The molecule has 7 aromatic rings. The predicted molar refractivity (Wildman–Crippen MR) is 164 cm³/mol. The van der Waals surface area contributed by atoms with Crippen LogP contribution in [0.3, 0.4) is 0 Å². The van der Waals surface area contributed by atoms with E-state index < -0.39 is 0 Å². The van der Waals surface area contributed by atoms with Crippen molar-refractivity contribution in [3.63, 3.8) is 0 Å². The lowest BCUT2D eigenvalue weighted by molar-refractivity contribution is 0.669. The molecule has 0 aliphatic heterocycles. The van der Waals surface area contributed by atoms with Crippen LogP contribution in [0, 0.1) is 5.92 Å². The van der Waals surface area contributed by atoms with Crippen molar-refractivity contribution in [3.05, 3.63) is 115 Å². The molecule has 0 radical (unpaired) electrons.